The molecule has 5 heterocycles. The molecule has 4 amide bonds. The quantitative estimate of drug-likeness (QED) is 0.310. The monoisotopic (exact) mass is 808 g/mol. The standard InChI is InChI=1S/C44H50ClFN8O4/c1-29-26-44(28-54(29)35-7-4-31(27-47)37(45)24-35)14-18-50(19-15-44)32-5-2-30(3-6-32)43(58)53-16-12-33(13-17-53)51-20-22-52(23-21-51)34-8-9-36(38(46)25-34)41(56)48-39-10-11-40(55)49-42(39)57/h2-9,24-25,29,33,39H,10-23,26,28H2,1H3,(H,48,56)(H,49,55,57)/t29-,39-/m1/s1. The molecule has 2 N–H and O–H groups in total. The largest absolute Gasteiger partial charge is 0.371 e. The first-order valence-corrected chi connectivity index (χ1v) is 20.9. The van der Waals surface area contributed by atoms with Gasteiger partial charge in [0.25, 0.3) is 11.8 Å². The van der Waals surface area contributed by atoms with Crippen molar-refractivity contribution in [3.63, 3.8) is 0 Å². The summed E-state index contributed by atoms with van der Waals surface area (Å²) in [5, 5.41) is 14.5. The van der Waals surface area contributed by atoms with Crippen molar-refractivity contribution in [1.29, 1.82) is 5.26 Å². The van der Waals surface area contributed by atoms with Gasteiger partial charge in [-0.15, -0.1) is 0 Å². The molecular weight excluding hydrogens is 759 g/mol. The molecule has 3 aromatic rings. The summed E-state index contributed by atoms with van der Waals surface area (Å²) in [7, 11) is 0. The third-order valence-electron chi connectivity index (χ3n) is 13.2. The highest BCUT2D eigenvalue weighted by Crippen LogP contribution is 2.46. The van der Waals surface area contributed by atoms with Crippen LogP contribution in [-0.4, -0.2) is 110 Å². The lowest BCUT2D eigenvalue weighted by Crippen LogP contribution is -2.53. The molecule has 0 saturated carbocycles. The van der Waals surface area contributed by atoms with Crippen LogP contribution >= 0.6 is 11.6 Å². The predicted molar refractivity (Wildman–Crippen MR) is 221 cm³/mol. The van der Waals surface area contributed by atoms with Crippen molar-refractivity contribution < 1.29 is 23.6 Å². The Labute approximate surface area is 343 Å². The number of piperidine rings is 3. The van der Waals surface area contributed by atoms with E-state index in [0.29, 0.717) is 41.4 Å². The zero-order chi connectivity index (χ0) is 40.6. The number of carbonyl (C=O) groups excluding carboxylic acids is 4. The Hall–Kier alpha value is -5.19. The summed E-state index contributed by atoms with van der Waals surface area (Å²) in [4.78, 5) is 61.2. The number of anilines is 3. The van der Waals surface area contributed by atoms with Crippen LogP contribution in [0.5, 0.6) is 0 Å². The van der Waals surface area contributed by atoms with Crippen LogP contribution in [0.15, 0.2) is 60.7 Å². The van der Waals surface area contributed by atoms with Crippen LogP contribution in [0, 0.1) is 22.6 Å². The lowest BCUT2D eigenvalue weighted by Gasteiger charge is -2.43. The molecule has 304 valence electrons. The normalized spacial score (nSPS) is 22.9. The molecule has 8 rings (SSSR count). The van der Waals surface area contributed by atoms with E-state index in [2.05, 4.69) is 55.4 Å². The fourth-order valence-electron chi connectivity index (χ4n) is 9.77. The van der Waals surface area contributed by atoms with Crippen molar-refractivity contribution in [2.75, 3.05) is 73.6 Å². The maximum absolute atomic E-state index is 15.1. The Morgan fingerprint density at radius 1 is 0.862 bits per heavy atom. The van der Waals surface area contributed by atoms with Crippen molar-refractivity contribution in [1.82, 2.24) is 20.4 Å². The first-order valence-electron chi connectivity index (χ1n) is 20.5. The predicted octanol–water partition coefficient (Wildman–Crippen LogP) is 5.20. The number of piperazine rings is 1. The molecule has 14 heteroatoms. The molecule has 0 unspecified atom stereocenters. The summed E-state index contributed by atoms with van der Waals surface area (Å²) in [6.45, 7) is 9.70. The molecule has 0 aliphatic carbocycles. The molecule has 0 aromatic heterocycles. The van der Waals surface area contributed by atoms with Crippen molar-refractivity contribution in [2.45, 2.75) is 70.0 Å². The van der Waals surface area contributed by atoms with Crippen molar-refractivity contribution in [2.24, 2.45) is 5.41 Å². The van der Waals surface area contributed by atoms with Crippen LogP contribution in [0.3, 0.4) is 0 Å². The number of nitrogens with one attached hydrogen (secondary N) is 2. The number of imide groups is 1. The Morgan fingerprint density at radius 3 is 2.19 bits per heavy atom. The minimum Gasteiger partial charge on any atom is -0.371 e. The average molecular weight is 809 g/mol. The Balaban J connectivity index is 0.775. The number of hydrogen-bond acceptors (Lipinski definition) is 9. The minimum atomic E-state index is -0.868. The second kappa shape index (κ2) is 16.6. The highest BCUT2D eigenvalue weighted by molar-refractivity contribution is 6.32. The van der Waals surface area contributed by atoms with Crippen molar-refractivity contribution in [3.8, 4) is 6.07 Å². The van der Waals surface area contributed by atoms with Gasteiger partial charge in [0.1, 0.15) is 17.9 Å². The van der Waals surface area contributed by atoms with Crippen LogP contribution in [0.25, 0.3) is 0 Å². The van der Waals surface area contributed by atoms with E-state index in [1.807, 2.05) is 35.2 Å². The van der Waals surface area contributed by atoms with Crippen LogP contribution in [0.1, 0.15) is 78.1 Å². The number of benzene rings is 3. The number of hydrogen-bond donors (Lipinski definition) is 2. The van der Waals surface area contributed by atoms with Gasteiger partial charge >= 0.3 is 0 Å². The molecule has 5 fully saturated rings. The number of halogens is 2. The third kappa shape index (κ3) is 8.22. The van der Waals surface area contributed by atoms with Gasteiger partial charge in [-0.2, -0.15) is 5.26 Å². The Morgan fingerprint density at radius 2 is 1.53 bits per heavy atom. The highest BCUT2D eigenvalue weighted by atomic mass is 35.5. The number of likely N-dealkylation sites (tertiary alicyclic amines) is 1. The van der Waals surface area contributed by atoms with Gasteiger partial charge in [0.15, 0.2) is 0 Å². The Kier molecular flexibility index (Phi) is 11.3. The van der Waals surface area contributed by atoms with Crippen LogP contribution in [-0.2, 0) is 9.59 Å². The van der Waals surface area contributed by atoms with Gasteiger partial charge in [0.2, 0.25) is 11.8 Å². The molecule has 0 radical (unpaired) electrons. The van der Waals surface area contributed by atoms with E-state index in [4.69, 9.17) is 11.6 Å². The summed E-state index contributed by atoms with van der Waals surface area (Å²) in [5.41, 5.74) is 4.27. The number of nitrogens with zero attached hydrogens (tertiary/aromatic N) is 6. The molecule has 5 saturated heterocycles. The van der Waals surface area contributed by atoms with Gasteiger partial charge in [-0.1, -0.05) is 11.6 Å². The summed E-state index contributed by atoms with van der Waals surface area (Å²) >= 11 is 6.37. The zero-order valence-corrected chi connectivity index (χ0v) is 33.6. The summed E-state index contributed by atoms with van der Waals surface area (Å²) in [6.07, 6.45) is 5.45. The van der Waals surface area contributed by atoms with E-state index in [9.17, 15) is 24.4 Å². The number of nitriles is 1. The smallest absolute Gasteiger partial charge is 0.254 e. The molecule has 5 aliphatic heterocycles. The van der Waals surface area contributed by atoms with E-state index >= 15 is 4.39 Å². The van der Waals surface area contributed by atoms with Crippen molar-refractivity contribution >= 4 is 52.3 Å². The van der Waals surface area contributed by atoms with Crippen LogP contribution in [0.2, 0.25) is 5.02 Å². The number of carbonyl (C=O) groups is 4. The maximum Gasteiger partial charge on any atom is 0.254 e. The summed E-state index contributed by atoms with van der Waals surface area (Å²) < 4.78 is 15.1. The lowest BCUT2D eigenvalue weighted by molar-refractivity contribution is -0.134. The van der Waals surface area contributed by atoms with E-state index in [1.54, 1.807) is 6.07 Å². The van der Waals surface area contributed by atoms with Crippen molar-refractivity contribution in [3.05, 3.63) is 88.2 Å². The third-order valence-corrected chi connectivity index (χ3v) is 13.5. The van der Waals surface area contributed by atoms with Crippen LogP contribution < -0.4 is 25.3 Å². The van der Waals surface area contributed by atoms with Gasteiger partial charge in [0.05, 0.1) is 16.1 Å². The zero-order valence-electron chi connectivity index (χ0n) is 32.9. The average Bonchev–Trinajstić information content (AvgIpc) is 3.56. The molecule has 2 atom stereocenters. The van der Waals surface area contributed by atoms with Gasteiger partial charge in [-0.25, -0.2) is 4.39 Å². The van der Waals surface area contributed by atoms with Gasteiger partial charge in [0, 0.05) is 100 Å². The second-order valence-electron chi connectivity index (χ2n) is 16.7. The first-order chi connectivity index (χ1) is 28.0. The number of amides is 4. The molecule has 1 spiro atoms. The number of rotatable bonds is 7. The first kappa shape index (κ1) is 39.6. The van der Waals surface area contributed by atoms with E-state index in [1.165, 1.54) is 12.1 Å². The highest BCUT2D eigenvalue weighted by Gasteiger charge is 2.44. The molecular formula is C44H50ClFN8O4. The molecule has 58 heavy (non-hydrogen) atoms. The SMILES string of the molecule is C[C@@H]1CC2(CCN(c3ccc(C(=O)N4CCC(N5CCN(c6ccc(C(=O)N[C@@H]7CCC(=O)NC7=O)c(F)c6)CC5)CC4)cc3)CC2)CN1c1ccc(C#N)c(Cl)c1. The van der Waals surface area contributed by atoms with Gasteiger partial charge < -0.3 is 24.9 Å². The fourth-order valence-corrected chi connectivity index (χ4v) is 9.99. The Bertz CT molecular complexity index is 2100. The molecule has 12 nitrogen and oxygen atoms in total. The van der Waals surface area contributed by atoms with E-state index in [-0.39, 0.29) is 35.6 Å². The molecule has 0 bridgehead atoms. The fraction of sp³-hybridized carbons (Fsp3) is 0.477. The summed E-state index contributed by atoms with van der Waals surface area (Å²) in [6, 6.07) is 20.5. The van der Waals surface area contributed by atoms with Gasteiger partial charge in [-0.05, 0) is 112 Å². The lowest BCUT2D eigenvalue weighted by atomic mass is 9.76. The molecule has 3 aromatic carbocycles. The second-order valence-corrected chi connectivity index (χ2v) is 17.1. The maximum atomic E-state index is 15.1. The van der Waals surface area contributed by atoms with E-state index in [0.717, 1.165) is 94.9 Å². The van der Waals surface area contributed by atoms with Gasteiger partial charge in [-0.3, -0.25) is 29.4 Å². The summed E-state index contributed by atoms with van der Waals surface area (Å²) in [5.74, 6) is -2.22. The van der Waals surface area contributed by atoms with Crippen LogP contribution in [0.4, 0.5) is 21.5 Å². The molecule has 5 aliphatic rings. The minimum absolute atomic E-state index is 0.0756. The van der Waals surface area contributed by atoms with E-state index < -0.39 is 23.7 Å². The topological polar surface area (TPSA) is 132 Å².